The van der Waals surface area contributed by atoms with Crippen molar-refractivity contribution < 1.29 is 19.6 Å². The van der Waals surface area contributed by atoms with Gasteiger partial charge in [0.25, 0.3) is 5.69 Å². The van der Waals surface area contributed by atoms with E-state index in [9.17, 15) is 14.9 Å². The summed E-state index contributed by atoms with van der Waals surface area (Å²) in [5.41, 5.74) is -0.959. The average Bonchev–Trinajstić information content (AvgIpc) is 2.15. The summed E-state index contributed by atoms with van der Waals surface area (Å²) < 4.78 is 5.15. The minimum absolute atomic E-state index is 0.0522. The lowest BCUT2D eigenvalue weighted by molar-refractivity contribution is -0.385. The monoisotopic (exact) mass is 275 g/mol. The summed E-state index contributed by atoms with van der Waals surface area (Å²) in [4.78, 5) is 20.7. The molecule has 0 aromatic heterocycles. The van der Waals surface area contributed by atoms with Crippen LogP contribution in [-0.2, 0) is 0 Å². The molecule has 0 aliphatic heterocycles. The molecule has 0 radical (unpaired) electrons. The summed E-state index contributed by atoms with van der Waals surface area (Å²) in [7, 11) is 1.25. The first-order valence-corrected chi connectivity index (χ1v) is 4.52. The highest BCUT2D eigenvalue weighted by Gasteiger charge is 2.25. The Bertz CT molecular complexity index is 431. The lowest BCUT2D eigenvalue weighted by atomic mass is 10.1. The van der Waals surface area contributed by atoms with Gasteiger partial charge in [-0.05, 0) is 6.07 Å². The highest BCUT2D eigenvalue weighted by molar-refractivity contribution is 9.10. The van der Waals surface area contributed by atoms with Gasteiger partial charge in [0.05, 0.1) is 12.0 Å². The van der Waals surface area contributed by atoms with Crippen LogP contribution in [0, 0.1) is 10.1 Å². The van der Waals surface area contributed by atoms with Crippen LogP contribution in [-0.4, -0.2) is 23.1 Å². The maximum atomic E-state index is 10.8. The van der Waals surface area contributed by atoms with Crippen molar-refractivity contribution in [2.75, 3.05) is 7.11 Å². The molecule has 0 aliphatic carbocycles. The molecule has 1 N–H and O–H groups in total. The van der Waals surface area contributed by atoms with Crippen molar-refractivity contribution in [3.05, 3.63) is 32.3 Å². The van der Waals surface area contributed by atoms with Crippen molar-refractivity contribution in [1.82, 2.24) is 0 Å². The van der Waals surface area contributed by atoms with E-state index in [-0.39, 0.29) is 5.75 Å². The van der Waals surface area contributed by atoms with Crippen LogP contribution in [0.1, 0.15) is 10.4 Å². The van der Waals surface area contributed by atoms with Gasteiger partial charge in [-0.15, -0.1) is 0 Å². The van der Waals surface area contributed by atoms with Gasteiger partial charge >= 0.3 is 5.97 Å². The van der Waals surface area contributed by atoms with Gasteiger partial charge in [0, 0.05) is 10.5 Å². The zero-order valence-electron chi connectivity index (χ0n) is 7.56. The Balaban J connectivity index is 3.54. The maximum absolute atomic E-state index is 10.8. The van der Waals surface area contributed by atoms with Crippen molar-refractivity contribution in [3.63, 3.8) is 0 Å². The number of nitro groups is 1. The van der Waals surface area contributed by atoms with Gasteiger partial charge in [-0.1, -0.05) is 15.9 Å². The van der Waals surface area contributed by atoms with E-state index in [2.05, 4.69) is 15.9 Å². The Hall–Kier alpha value is -1.63. The minimum Gasteiger partial charge on any atom is -0.496 e. The third kappa shape index (κ3) is 2.24. The molecule has 1 aromatic rings. The van der Waals surface area contributed by atoms with Crippen molar-refractivity contribution in [1.29, 1.82) is 0 Å². The second-order valence-corrected chi connectivity index (χ2v) is 3.48. The number of methoxy groups -OCH3 is 1. The molecule has 0 aliphatic rings. The molecular formula is C8H6BrNO5. The lowest BCUT2D eigenvalue weighted by Crippen LogP contribution is -2.05. The van der Waals surface area contributed by atoms with E-state index in [1.165, 1.54) is 13.2 Å². The number of halogens is 1. The summed E-state index contributed by atoms with van der Waals surface area (Å²) in [6.07, 6.45) is 0. The van der Waals surface area contributed by atoms with E-state index in [0.29, 0.717) is 4.47 Å². The number of aromatic carboxylic acids is 1. The van der Waals surface area contributed by atoms with Gasteiger partial charge in [0.1, 0.15) is 5.75 Å². The first-order chi connectivity index (χ1) is 6.97. The van der Waals surface area contributed by atoms with Crippen molar-refractivity contribution in [3.8, 4) is 5.75 Å². The molecule has 15 heavy (non-hydrogen) atoms. The fraction of sp³-hybridized carbons (Fsp3) is 0.125. The fourth-order valence-corrected chi connectivity index (χ4v) is 1.51. The van der Waals surface area contributed by atoms with E-state index in [1.807, 2.05) is 0 Å². The van der Waals surface area contributed by atoms with Gasteiger partial charge < -0.3 is 9.84 Å². The maximum Gasteiger partial charge on any atom is 0.346 e. The zero-order valence-corrected chi connectivity index (χ0v) is 9.15. The summed E-state index contributed by atoms with van der Waals surface area (Å²) in [6, 6.07) is 2.47. The molecule has 6 nitrogen and oxygen atoms in total. The number of hydrogen-bond acceptors (Lipinski definition) is 4. The van der Waals surface area contributed by atoms with Crippen LogP contribution in [0.2, 0.25) is 0 Å². The number of nitro benzene ring substituents is 1. The molecule has 1 rings (SSSR count). The van der Waals surface area contributed by atoms with Gasteiger partial charge in [-0.25, -0.2) is 4.79 Å². The number of ether oxygens (including phenoxy) is 1. The molecule has 7 heteroatoms. The zero-order chi connectivity index (χ0) is 11.6. The number of carboxylic acids is 1. The summed E-state index contributed by atoms with van der Waals surface area (Å²) in [6.45, 7) is 0. The van der Waals surface area contributed by atoms with Crippen molar-refractivity contribution >= 4 is 27.6 Å². The van der Waals surface area contributed by atoms with Crippen molar-refractivity contribution in [2.45, 2.75) is 0 Å². The quantitative estimate of drug-likeness (QED) is 0.674. The minimum atomic E-state index is -1.40. The van der Waals surface area contributed by atoms with Crippen LogP contribution in [0.3, 0.4) is 0 Å². The van der Waals surface area contributed by atoms with Crippen LogP contribution in [0.4, 0.5) is 5.69 Å². The number of rotatable bonds is 3. The summed E-state index contributed by atoms with van der Waals surface area (Å²) in [5, 5.41) is 19.4. The largest absolute Gasteiger partial charge is 0.496 e. The van der Waals surface area contributed by atoms with E-state index in [0.717, 1.165) is 6.07 Å². The molecule has 1 aromatic carbocycles. The van der Waals surface area contributed by atoms with Crippen LogP contribution in [0.25, 0.3) is 0 Å². The topological polar surface area (TPSA) is 89.7 Å². The molecule has 0 fully saturated rings. The highest BCUT2D eigenvalue weighted by atomic mass is 79.9. The Morgan fingerprint density at radius 1 is 1.60 bits per heavy atom. The second kappa shape index (κ2) is 4.26. The molecule has 0 saturated heterocycles. The molecular weight excluding hydrogens is 270 g/mol. The molecule has 0 amide bonds. The second-order valence-electron chi connectivity index (χ2n) is 2.56. The van der Waals surface area contributed by atoms with Crippen LogP contribution in [0.15, 0.2) is 16.6 Å². The smallest absolute Gasteiger partial charge is 0.346 e. The predicted octanol–water partition coefficient (Wildman–Crippen LogP) is 2.06. The normalized spacial score (nSPS) is 9.73. The molecule has 0 bridgehead atoms. The fourth-order valence-electron chi connectivity index (χ4n) is 1.09. The van der Waals surface area contributed by atoms with E-state index in [4.69, 9.17) is 9.84 Å². The van der Waals surface area contributed by atoms with Gasteiger partial charge in [-0.3, -0.25) is 10.1 Å². The van der Waals surface area contributed by atoms with Gasteiger partial charge in [-0.2, -0.15) is 0 Å². The van der Waals surface area contributed by atoms with Crippen molar-refractivity contribution in [2.24, 2.45) is 0 Å². The molecule has 80 valence electrons. The van der Waals surface area contributed by atoms with E-state index in [1.54, 1.807) is 0 Å². The molecule has 0 spiro atoms. The summed E-state index contributed by atoms with van der Waals surface area (Å²) in [5.74, 6) is -1.45. The lowest BCUT2D eigenvalue weighted by Gasteiger charge is -2.05. The van der Waals surface area contributed by atoms with Gasteiger partial charge in [0.15, 0.2) is 5.56 Å². The average molecular weight is 276 g/mol. The Labute approximate surface area is 92.8 Å². The van der Waals surface area contributed by atoms with Crippen LogP contribution in [0.5, 0.6) is 5.75 Å². The third-order valence-corrected chi connectivity index (χ3v) is 2.13. The molecule has 0 saturated carbocycles. The highest BCUT2D eigenvalue weighted by Crippen LogP contribution is 2.32. The number of benzene rings is 1. The SMILES string of the molecule is COc1cc(Br)cc([N+](=O)[O-])c1C(=O)O. The molecule has 0 heterocycles. The Kier molecular flexibility index (Phi) is 3.25. The van der Waals surface area contributed by atoms with E-state index >= 15 is 0 Å². The Morgan fingerprint density at radius 2 is 2.20 bits per heavy atom. The first kappa shape index (κ1) is 11.4. The summed E-state index contributed by atoms with van der Waals surface area (Å²) >= 11 is 3.03. The third-order valence-electron chi connectivity index (χ3n) is 1.68. The standard InChI is InChI=1S/C8H6BrNO5/c1-15-6-3-4(9)2-5(10(13)14)7(6)8(11)12/h2-3H,1H3,(H,11,12). The molecule has 0 atom stereocenters. The number of carboxylic acid groups (broad SMARTS) is 1. The van der Waals surface area contributed by atoms with Crippen LogP contribution >= 0.6 is 15.9 Å². The van der Waals surface area contributed by atoms with Gasteiger partial charge in [0.2, 0.25) is 0 Å². The van der Waals surface area contributed by atoms with Crippen LogP contribution < -0.4 is 4.74 Å². The number of hydrogen-bond donors (Lipinski definition) is 1. The number of carbonyl (C=O) groups is 1. The van der Waals surface area contributed by atoms with E-state index < -0.39 is 22.1 Å². The number of nitrogens with zero attached hydrogens (tertiary/aromatic N) is 1. The first-order valence-electron chi connectivity index (χ1n) is 3.72. The Morgan fingerprint density at radius 3 is 2.60 bits per heavy atom. The predicted molar refractivity (Wildman–Crippen MR) is 54.3 cm³/mol. The molecule has 0 unspecified atom stereocenters.